The molecule has 0 radical (unpaired) electrons. The number of nitrogens with zero attached hydrogens (tertiary/aromatic N) is 2. The number of aromatic nitrogens is 1. The molecule has 0 bridgehead atoms. The van der Waals surface area contributed by atoms with Gasteiger partial charge in [-0.1, -0.05) is 17.7 Å². The highest BCUT2D eigenvalue weighted by Gasteiger charge is 2.26. The molecule has 3 rings (SSSR count). The molecule has 1 aromatic carbocycles. The van der Waals surface area contributed by atoms with Gasteiger partial charge in [0.15, 0.2) is 0 Å². The number of hydrogen-bond donors (Lipinski definition) is 1. The molecular weight excluding hydrogens is 304 g/mol. The van der Waals surface area contributed by atoms with Crippen molar-refractivity contribution in [2.45, 2.75) is 12.5 Å². The zero-order valence-corrected chi connectivity index (χ0v) is 12.5. The lowest BCUT2D eigenvalue weighted by molar-refractivity contribution is 0.0758. The molecule has 0 saturated carbocycles. The summed E-state index contributed by atoms with van der Waals surface area (Å²) in [5, 5.41) is 10.1. The topological polar surface area (TPSA) is 62.7 Å². The molecule has 1 aliphatic heterocycles. The Balaban J connectivity index is 1.74. The molecule has 2 heterocycles. The number of carbonyl (C=O) groups is 1. The van der Waals surface area contributed by atoms with E-state index in [1.807, 2.05) is 0 Å². The number of halogens is 1. The number of aliphatic hydroxyl groups excluding tert-OH is 1. The molecule has 5 nitrogen and oxygen atoms in total. The van der Waals surface area contributed by atoms with E-state index < -0.39 is 6.10 Å². The molecule has 2 aromatic rings. The Labute approximate surface area is 133 Å². The number of likely N-dealkylation sites (tertiary alicyclic amines) is 1. The van der Waals surface area contributed by atoms with Gasteiger partial charge in [0.1, 0.15) is 11.4 Å². The van der Waals surface area contributed by atoms with Crippen molar-refractivity contribution < 1.29 is 14.6 Å². The van der Waals surface area contributed by atoms with E-state index in [0.717, 1.165) is 0 Å². The lowest BCUT2D eigenvalue weighted by atomic mass is 10.3. The van der Waals surface area contributed by atoms with Gasteiger partial charge >= 0.3 is 0 Å². The normalized spacial score (nSPS) is 17.5. The van der Waals surface area contributed by atoms with Gasteiger partial charge < -0.3 is 14.7 Å². The van der Waals surface area contributed by atoms with Crippen molar-refractivity contribution in [3.8, 4) is 11.6 Å². The minimum Gasteiger partial charge on any atom is -0.439 e. The number of rotatable bonds is 3. The molecule has 1 atom stereocenters. The summed E-state index contributed by atoms with van der Waals surface area (Å²) < 4.78 is 5.62. The van der Waals surface area contributed by atoms with Gasteiger partial charge in [0.05, 0.1) is 6.10 Å². The predicted octanol–water partition coefficient (Wildman–Crippen LogP) is 2.73. The molecule has 0 aliphatic carbocycles. The Bertz CT molecular complexity index is 675. The summed E-state index contributed by atoms with van der Waals surface area (Å²) in [6.45, 7) is 0.896. The highest BCUT2D eigenvalue weighted by atomic mass is 35.5. The average molecular weight is 319 g/mol. The molecule has 114 valence electrons. The first kappa shape index (κ1) is 14.8. The summed E-state index contributed by atoms with van der Waals surface area (Å²) in [5.41, 5.74) is 0.306. The first-order chi connectivity index (χ1) is 10.6. The van der Waals surface area contributed by atoms with Crippen molar-refractivity contribution in [1.29, 1.82) is 0 Å². The molecule has 22 heavy (non-hydrogen) atoms. The third kappa shape index (κ3) is 3.37. The van der Waals surface area contributed by atoms with Crippen LogP contribution >= 0.6 is 11.6 Å². The van der Waals surface area contributed by atoms with E-state index in [4.69, 9.17) is 16.3 Å². The minimum atomic E-state index is -0.447. The van der Waals surface area contributed by atoms with E-state index in [1.165, 1.54) is 0 Å². The minimum absolute atomic E-state index is 0.196. The molecule has 1 N–H and O–H groups in total. The van der Waals surface area contributed by atoms with Gasteiger partial charge in [-0.25, -0.2) is 4.98 Å². The summed E-state index contributed by atoms with van der Waals surface area (Å²) in [5.74, 6) is 0.740. The number of carbonyl (C=O) groups excluding carboxylic acids is 1. The summed E-state index contributed by atoms with van der Waals surface area (Å²) >= 11 is 5.82. The maximum atomic E-state index is 12.3. The fourth-order valence-corrected chi connectivity index (χ4v) is 2.43. The summed E-state index contributed by atoms with van der Waals surface area (Å²) in [6, 6.07) is 11.9. The number of ether oxygens (including phenoxy) is 1. The van der Waals surface area contributed by atoms with Crippen molar-refractivity contribution in [1.82, 2.24) is 9.88 Å². The standard InChI is InChI=1S/C16H15ClN2O3/c17-11-4-6-13(7-5-11)22-15-3-1-2-14(18-15)16(21)19-9-8-12(20)10-19/h1-7,12,20H,8-10H2/t12-/m1/s1. The van der Waals surface area contributed by atoms with E-state index in [-0.39, 0.29) is 5.91 Å². The molecule has 1 fully saturated rings. The van der Waals surface area contributed by atoms with Crippen LogP contribution in [-0.4, -0.2) is 40.1 Å². The number of benzene rings is 1. The monoisotopic (exact) mass is 318 g/mol. The molecule has 0 spiro atoms. The van der Waals surface area contributed by atoms with Gasteiger partial charge in [-0.2, -0.15) is 0 Å². The first-order valence-corrected chi connectivity index (χ1v) is 7.37. The summed E-state index contributed by atoms with van der Waals surface area (Å²) in [4.78, 5) is 18.1. The number of pyridine rings is 1. The summed E-state index contributed by atoms with van der Waals surface area (Å²) in [7, 11) is 0. The van der Waals surface area contributed by atoms with Crippen LogP contribution in [0, 0.1) is 0 Å². The Hall–Kier alpha value is -2.11. The lowest BCUT2D eigenvalue weighted by Gasteiger charge is -2.15. The van der Waals surface area contributed by atoms with Crippen LogP contribution in [0.25, 0.3) is 0 Å². The Morgan fingerprint density at radius 1 is 1.27 bits per heavy atom. The van der Waals surface area contributed by atoms with Crippen LogP contribution in [0.2, 0.25) is 5.02 Å². The third-order valence-corrected chi connectivity index (χ3v) is 3.68. The second kappa shape index (κ2) is 6.34. The van der Waals surface area contributed by atoms with Crippen molar-refractivity contribution in [3.05, 3.63) is 53.2 Å². The van der Waals surface area contributed by atoms with Gasteiger partial charge in [0, 0.05) is 24.2 Å². The van der Waals surface area contributed by atoms with Gasteiger partial charge in [0.25, 0.3) is 5.91 Å². The van der Waals surface area contributed by atoms with Crippen LogP contribution in [0.5, 0.6) is 11.6 Å². The predicted molar refractivity (Wildman–Crippen MR) is 82.3 cm³/mol. The number of aliphatic hydroxyl groups is 1. The van der Waals surface area contributed by atoms with Crippen LogP contribution < -0.4 is 4.74 Å². The Kier molecular flexibility index (Phi) is 4.27. The maximum absolute atomic E-state index is 12.3. The average Bonchev–Trinajstić information content (AvgIpc) is 2.96. The Morgan fingerprint density at radius 2 is 2.05 bits per heavy atom. The molecular formula is C16H15ClN2O3. The lowest BCUT2D eigenvalue weighted by Crippen LogP contribution is -2.30. The van der Waals surface area contributed by atoms with Crippen LogP contribution in [-0.2, 0) is 0 Å². The van der Waals surface area contributed by atoms with Crippen molar-refractivity contribution in [2.75, 3.05) is 13.1 Å². The molecule has 1 saturated heterocycles. The zero-order valence-electron chi connectivity index (χ0n) is 11.8. The van der Waals surface area contributed by atoms with Crippen LogP contribution in [0.15, 0.2) is 42.5 Å². The van der Waals surface area contributed by atoms with Crippen LogP contribution in [0.4, 0.5) is 0 Å². The van der Waals surface area contributed by atoms with Gasteiger partial charge in [-0.05, 0) is 36.8 Å². The molecule has 1 amide bonds. The van der Waals surface area contributed by atoms with Crippen LogP contribution in [0.1, 0.15) is 16.9 Å². The Morgan fingerprint density at radius 3 is 2.73 bits per heavy atom. The molecule has 1 aromatic heterocycles. The quantitative estimate of drug-likeness (QED) is 0.945. The smallest absolute Gasteiger partial charge is 0.272 e. The van der Waals surface area contributed by atoms with Gasteiger partial charge in [-0.3, -0.25) is 4.79 Å². The van der Waals surface area contributed by atoms with E-state index in [1.54, 1.807) is 47.4 Å². The molecule has 1 aliphatic rings. The van der Waals surface area contributed by atoms with Crippen LogP contribution in [0.3, 0.4) is 0 Å². The number of β-amino-alcohol motifs (C(OH)–C–C–N with tert-alkyl or cyclic N) is 1. The maximum Gasteiger partial charge on any atom is 0.272 e. The van der Waals surface area contributed by atoms with E-state index >= 15 is 0 Å². The molecule has 0 unspecified atom stereocenters. The van der Waals surface area contributed by atoms with Crippen molar-refractivity contribution >= 4 is 17.5 Å². The van der Waals surface area contributed by atoms with Gasteiger partial charge in [0.2, 0.25) is 5.88 Å². The highest BCUT2D eigenvalue weighted by Crippen LogP contribution is 2.22. The van der Waals surface area contributed by atoms with E-state index in [2.05, 4.69) is 4.98 Å². The van der Waals surface area contributed by atoms with E-state index in [9.17, 15) is 9.90 Å². The zero-order chi connectivity index (χ0) is 15.5. The summed E-state index contributed by atoms with van der Waals surface area (Å²) in [6.07, 6.45) is 0.157. The number of hydrogen-bond acceptors (Lipinski definition) is 4. The second-order valence-electron chi connectivity index (χ2n) is 5.11. The van der Waals surface area contributed by atoms with Crippen molar-refractivity contribution in [2.24, 2.45) is 0 Å². The van der Waals surface area contributed by atoms with E-state index in [0.29, 0.717) is 41.9 Å². The number of amides is 1. The highest BCUT2D eigenvalue weighted by molar-refractivity contribution is 6.30. The first-order valence-electron chi connectivity index (χ1n) is 6.99. The fraction of sp³-hybridized carbons (Fsp3) is 0.250. The largest absolute Gasteiger partial charge is 0.439 e. The second-order valence-corrected chi connectivity index (χ2v) is 5.55. The SMILES string of the molecule is O=C(c1cccc(Oc2ccc(Cl)cc2)n1)N1CC[C@@H](O)C1. The molecule has 6 heteroatoms. The third-order valence-electron chi connectivity index (χ3n) is 3.43. The van der Waals surface area contributed by atoms with Gasteiger partial charge in [-0.15, -0.1) is 0 Å². The fourth-order valence-electron chi connectivity index (χ4n) is 2.30. The van der Waals surface area contributed by atoms with Crippen molar-refractivity contribution in [3.63, 3.8) is 0 Å².